The predicted octanol–water partition coefficient (Wildman–Crippen LogP) is 2.44. The van der Waals surface area contributed by atoms with Gasteiger partial charge in [0.25, 0.3) is 0 Å². The summed E-state index contributed by atoms with van der Waals surface area (Å²) in [6.45, 7) is 0.846. The van der Waals surface area contributed by atoms with Gasteiger partial charge in [0.05, 0.1) is 18.2 Å². The molecule has 0 aromatic heterocycles. The number of benzene rings is 1. The number of carbonyl (C=O) groups excluding carboxylic acids is 1. The van der Waals surface area contributed by atoms with Gasteiger partial charge < -0.3 is 5.73 Å². The lowest BCUT2D eigenvalue weighted by Crippen LogP contribution is -2.39. The number of hydrogen-bond acceptors (Lipinski definition) is 3. The molecule has 106 valence electrons. The third-order valence-electron chi connectivity index (χ3n) is 3.76. The Morgan fingerprint density at radius 1 is 1.45 bits per heavy atom. The molecule has 0 bridgehead atoms. The zero-order chi connectivity index (χ0) is 14.5. The second-order valence-electron chi connectivity index (χ2n) is 5.23. The largest absolute Gasteiger partial charge is 0.369 e. The summed E-state index contributed by atoms with van der Waals surface area (Å²) in [4.78, 5) is 13.3. The van der Waals surface area contributed by atoms with Crippen LogP contribution < -0.4 is 5.73 Å². The SMILES string of the molecule is N#Cc1ccc(CN(CC(N)=O)C2CCCC2)c(Cl)c1. The smallest absolute Gasteiger partial charge is 0.231 e. The Kier molecular flexibility index (Phi) is 4.99. The highest BCUT2D eigenvalue weighted by molar-refractivity contribution is 6.31. The first-order valence-electron chi connectivity index (χ1n) is 6.81. The van der Waals surface area contributed by atoms with E-state index in [-0.39, 0.29) is 12.5 Å². The van der Waals surface area contributed by atoms with E-state index in [1.165, 1.54) is 12.8 Å². The number of nitriles is 1. The molecule has 1 aliphatic carbocycles. The van der Waals surface area contributed by atoms with E-state index in [1.807, 2.05) is 6.07 Å². The Balaban J connectivity index is 2.14. The van der Waals surface area contributed by atoms with Gasteiger partial charge in [-0.3, -0.25) is 9.69 Å². The minimum Gasteiger partial charge on any atom is -0.369 e. The zero-order valence-corrected chi connectivity index (χ0v) is 12.1. The molecule has 4 nitrogen and oxygen atoms in total. The second kappa shape index (κ2) is 6.74. The molecule has 1 aromatic carbocycles. The average molecular weight is 292 g/mol. The van der Waals surface area contributed by atoms with Gasteiger partial charge in [0, 0.05) is 17.6 Å². The molecular formula is C15H18ClN3O. The number of amides is 1. The molecule has 2 N–H and O–H groups in total. The van der Waals surface area contributed by atoms with Gasteiger partial charge in [-0.15, -0.1) is 0 Å². The fourth-order valence-electron chi connectivity index (χ4n) is 2.75. The van der Waals surface area contributed by atoms with Crippen molar-refractivity contribution in [2.24, 2.45) is 5.73 Å². The molecule has 1 saturated carbocycles. The number of primary amides is 1. The fraction of sp³-hybridized carbons (Fsp3) is 0.467. The molecular weight excluding hydrogens is 274 g/mol. The van der Waals surface area contributed by atoms with E-state index in [0.717, 1.165) is 18.4 Å². The van der Waals surface area contributed by atoms with Gasteiger partial charge in [0.2, 0.25) is 5.91 Å². The van der Waals surface area contributed by atoms with Crippen LogP contribution in [0.4, 0.5) is 0 Å². The third-order valence-corrected chi connectivity index (χ3v) is 4.11. The summed E-state index contributed by atoms with van der Waals surface area (Å²) in [7, 11) is 0. The van der Waals surface area contributed by atoms with E-state index in [0.29, 0.717) is 23.2 Å². The van der Waals surface area contributed by atoms with Gasteiger partial charge in [-0.2, -0.15) is 5.26 Å². The molecule has 0 atom stereocenters. The lowest BCUT2D eigenvalue weighted by Gasteiger charge is -2.27. The Bertz CT molecular complexity index is 532. The van der Waals surface area contributed by atoms with Crippen molar-refractivity contribution in [3.63, 3.8) is 0 Å². The van der Waals surface area contributed by atoms with Crippen molar-refractivity contribution in [1.29, 1.82) is 5.26 Å². The first kappa shape index (κ1) is 14.8. The van der Waals surface area contributed by atoms with Crippen LogP contribution >= 0.6 is 11.6 Å². The number of nitrogens with zero attached hydrogens (tertiary/aromatic N) is 2. The van der Waals surface area contributed by atoms with Crippen LogP contribution in [0, 0.1) is 11.3 Å². The van der Waals surface area contributed by atoms with Crippen molar-refractivity contribution in [3.8, 4) is 6.07 Å². The summed E-state index contributed by atoms with van der Waals surface area (Å²) in [6, 6.07) is 7.72. The second-order valence-corrected chi connectivity index (χ2v) is 5.63. The van der Waals surface area contributed by atoms with Crippen LogP contribution in [0.25, 0.3) is 0 Å². The third kappa shape index (κ3) is 3.72. The number of rotatable bonds is 5. The molecule has 2 rings (SSSR count). The van der Waals surface area contributed by atoms with Gasteiger partial charge in [-0.1, -0.05) is 30.5 Å². The van der Waals surface area contributed by atoms with Gasteiger partial charge in [0.15, 0.2) is 0 Å². The molecule has 1 amide bonds. The molecule has 0 aliphatic heterocycles. The topological polar surface area (TPSA) is 70.1 Å². The molecule has 0 spiro atoms. The van der Waals surface area contributed by atoms with Crippen LogP contribution in [-0.2, 0) is 11.3 Å². The standard InChI is InChI=1S/C15H18ClN3O/c16-14-7-11(8-17)5-6-12(14)9-19(10-15(18)20)13-3-1-2-4-13/h5-7,13H,1-4,9-10H2,(H2,18,20). The van der Waals surface area contributed by atoms with Crippen LogP contribution in [0.3, 0.4) is 0 Å². The lowest BCUT2D eigenvalue weighted by atomic mass is 10.1. The highest BCUT2D eigenvalue weighted by Gasteiger charge is 2.24. The van der Waals surface area contributed by atoms with E-state index < -0.39 is 0 Å². The summed E-state index contributed by atoms with van der Waals surface area (Å²) in [5.74, 6) is -0.318. The van der Waals surface area contributed by atoms with Crippen molar-refractivity contribution in [3.05, 3.63) is 34.3 Å². The molecule has 0 unspecified atom stereocenters. The number of hydrogen-bond donors (Lipinski definition) is 1. The van der Waals surface area contributed by atoms with Gasteiger partial charge in [-0.25, -0.2) is 0 Å². The van der Waals surface area contributed by atoms with Crippen LogP contribution in [0.5, 0.6) is 0 Å². The maximum absolute atomic E-state index is 11.2. The number of carbonyl (C=O) groups is 1. The van der Waals surface area contributed by atoms with Crippen molar-refractivity contribution in [1.82, 2.24) is 4.90 Å². The van der Waals surface area contributed by atoms with E-state index in [9.17, 15) is 4.79 Å². The molecule has 0 heterocycles. The summed E-state index contributed by atoms with van der Waals surface area (Å²) >= 11 is 6.20. The lowest BCUT2D eigenvalue weighted by molar-refractivity contribution is -0.119. The van der Waals surface area contributed by atoms with E-state index in [4.69, 9.17) is 22.6 Å². The van der Waals surface area contributed by atoms with Gasteiger partial charge in [-0.05, 0) is 30.5 Å². The van der Waals surface area contributed by atoms with Crippen LogP contribution in [0.1, 0.15) is 36.8 Å². The maximum atomic E-state index is 11.2. The minimum absolute atomic E-state index is 0.251. The molecule has 1 fully saturated rings. The highest BCUT2D eigenvalue weighted by atomic mass is 35.5. The van der Waals surface area contributed by atoms with Gasteiger partial charge >= 0.3 is 0 Å². The quantitative estimate of drug-likeness (QED) is 0.906. The fourth-order valence-corrected chi connectivity index (χ4v) is 2.99. The summed E-state index contributed by atoms with van der Waals surface area (Å²) in [6.07, 6.45) is 4.59. The Morgan fingerprint density at radius 3 is 2.70 bits per heavy atom. The monoisotopic (exact) mass is 291 g/mol. The maximum Gasteiger partial charge on any atom is 0.231 e. The summed E-state index contributed by atoms with van der Waals surface area (Å²) in [5, 5.41) is 9.41. The predicted molar refractivity (Wildman–Crippen MR) is 78.0 cm³/mol. The van der Waals surface area contributed by atoms with Gasteiger partial charge in [0.1, 0.15) is 0 Å². The Morgan fingerprint density at radius 2 is 2.15 bits per heavy atom. The first-order chi connectivity index (χ1) is 9.60. The summed E-state index contributed by atoms with van der Waals surface area (Å²) < 4.78 is 0. The average Bonchev–Trinajstić information content (AvgIpc) is 2.93. The zero-order valence-electron chi connectivity index (χ0n) is 11.3. The summed E-state index contributed by atoms with van der Waals surface area (Å²) in [5.41, 5.74) is 6.81. The minimum atomic E-state index is -0.318. The number of halogens is 1. The van der Waals surface area contributed by atoms with E-state index in [1.54, 1.807) is 12.1 Å². The van der Waals surface area contributed by atoms with E-state index in [2.05, 4.69) is 11.0 Å². The highest BCUT2D eigenvalue weighted by Crippen LogP contribution is 2.26. The first-order valence-corrected chi connectivity index (χ1v) is 7.19. The van der Waals surface area contributed by atoms with Crippen LogP contribution in [0.2, 0.25) is 5.02 Å². The molecule has 0 radical (unpaired) electrons. The van der Waals surface area contributed by atoms with Crippen LogP contribution in [-0.4, -0.2) is 23.4 Å². The molecule has 5 heteroatoms. The molecule has 20 heavy (non-hydrogen) atoms. The molecule has 1 aliphatic rings. The number of nitrogens with two attached hydrogens (primary N) is 1. The van der Waals surface area contributed by atoms with Crippen molar-refractivity contribution >= 4 is 17.5 Å². The van der Waals surface area contributed by atoms with Crippen LogP contribution in [0.15, 0.2) is 18.2 Å². The Labute approximate surface area is 124 Å². The normalized spacial score (nSPS) is 15.4. The molecule has 1 aromatic rings. The van der Waals surface area contributed by atoms with Crippen molar-refractivity contribution in [2.45, 2.75) is 38.3 Å². The van der Waals surface area contributed by atoms with Crippen molar-refractivity contribution in [2.75, 3.05) is 6.54 Å². The van der Waals surface area contributed by atoms with E-state index >= 15 is 0 Å². The van der Waals surface area contributed by atoms with Crippen molar-refractivity contribution < 1.29 is 4.79 Å². The Hall–Kier alpha value is -1.57. The molecule has 0 saturated heterocycles.